The van der Waals surface area contributed by atoms with Gasteiger partial charge in [0.15, 0.2) is 0 Å². The zero-order valence-corrected chi connectivity index (χ0v) is 11.8. The summed E-state index contributed by atoms with van der Waals surface area (Å²) in [5, 5.41) is 0. The lowest BCUT2D eigenvalue weighted by Crippen LogP contribution is -2.37. The Morgan fingerprint density at radius 1 is 1.30 bits per heavy atom. The lowest BCUT2D eigenvalue weighted by Gasteiger charge is -2.22. The average Bonchev–Trinajstić information content (AvgIpc) is 2.81. The molecular formula is C14H13FN2O2S. The van der Waals surface area contributed by atoms with Crippen molar-refractivity contribution in [2.45, 2.75) is 13.8 Å². The van der Waals surface area contributed by atoms with Gasteiger partial charge in [-0.05, 0) is 23.6 Å². The molecule has 2 amide bonds. The molecule has 1 aliphatic carbocycles. The monoisotopic (exact) mass is 292 g/mol. The van der Waals surface area contributed by atoms with Crippen molar-refractivity contribution < 1.29 is 14.0 Å². The summed E-state index contributed by atoms with van der Waals surface area (Å²) in [7, 11) is 0. The molecule has 1 saturated carbocycles. The van der Waals surface area contributed by atoms with E-state index >= 15 is 0 Å². The lowest BCUT2D eigenvalue weighted by molar-refractivity contribution is -0.125. The first kappa shape index (κ1) is 13.2. The molecule has 1 aliphatic heterocycles. The standard InChI is InChI=1S/C14H13FN2O2S/c1-14(2)9-10(14)13(19)17(12(9)18)8-4-3-6(15)5-7(8)11(16)20/h3-5,9-10H,1-2H3,(H2,16,20). The van der Waals surface area contributed by atoms with Crippen LogP contribution in [0.25, 0.3) is 0 Å². The Balaban J connectivity index is 2.06. The molecule has 20 heavy (non-hydrogen) atoms. The van der Waals surface area contributed by atoms with E-state index in [0.717, 1.165) is 11.0 Å². The van der Waals surface area contributed by atoms with Crippen molar-refractivity contribution in [3.8, 4) is 0 Å². The number of amides is 2. The highest BCUT2D eigenvalue weighted by Gasteiger charge is 2.72. The number of fused-ring (bicyclic) bond motifs is 1. The van der Waals surface area contributed by atoms with Crippen LogP contribution in [0.15, 0.2) is 18.2 Å². The molecular weight excluding hydrogens is 279 g/mol. The maximum atomic E-state index is 13.3. The van der Waals surface area contributed by atoms with Crippen LogP contribution >= 0.6 is 12.2 Å². The lowest BCUT2D eigenvalue weighted by atomic mass is 10.0. The van der Waals surface area contributed by atoms with Gasteiger partial charge < -0.3 is 5.73 Å². The van der Waals surface area contributed by atoms with Gasteiger partial charge in [0.2, 0.25) is 11.8 Å². The molecule has 1 heterocycles. The van der Waals surface area contributed by atoms with Crippen LogP contribution in [0.2, 0.25) is 0 Å². The van der Waals surface area contributed by atoms with Gasteiger partial charge in [0.05, 0.1) is 17.5 Å². The van der Waals surface area contributed by atoms with Crippen molar-refractivity contribution in [1.82, 2.24) is 0 Å². The number of hydrogen-bond acceptors (Lipinski definition) is 3. The number of hydrogen-bond donors (Lipinski definition) is 1. The van der Waals surface area contributed by atoms with Crippen LogP contribution in [-0.2, 0) is 9.59 Å². The van der Waals surface area contributed by atoms with Crippen molar-refractivity contribution >= 4 is 34.7 Å². The molecule has 104 valence electrons. The Kier molecular flexibility index (Phi) is 2.54. The molecule has 0 spiro atoms. The summed E-state index contributed by atoms with van der Waals surface area (Å²) in [6.45, 7) is 3.79. The molecule has 3 rings (SSSR count). The maximum Gasteiger partial charge on any atom is 0.238 e. The second kappa shape index (κ2) is 3.85. The fraction of sp³-hybridized carbons (Fsp3) is 0.357. The van der Waals surface area contributed by atoms with Gasteiger partial charge in [0.1, 0.15) is 10.8 Å². The third kappa shape index (κ3) is 1.54. The molecule has 1 aromatic carbocycles. The molecule has 0 radical (unpaired) electrons. The second-order valence-electron chi connectivity index (χ2n) is 5.81. The number of nitrogens with zero attached hydrogens (tertiary/aromatic N) is 1. The normalized spacial score (nSPS) is 26.6. The molecule has 0 aromatic heterocycles. The third-order valence-corrected chi connectivity index (χ3v) is 4.49. The molecule has 4 nitrogen and oxygen atoms in total. The topological polar surface area (TPSA) is 63.4 Å². The predicted molar refractivity (Wildman–Crippen MR) is 75.5 cm³/mol. The molecule has 1 saturated heterocycles. The van der Waals surface area contributed by atoms with Crippen LogP contribution in [0, 0.1) is 23.1 Å². The molecule has 2 unspecified atom stereocenters. The number of benzene rings is 1. The number of rotatable bonds is 2. The number of carbonyl (C=O) groups is 2. The van der Waals surface area contributed by atoms with E-state index in [2.05, 4.69) is 0 Å². The number of thiocarbonyl (C=S) groups is 1. The van der Waals surface area contributed by atoms with Gasteiger partial charge in [-0.1, -0.05) is 26.1 Å². The highest BCUT2D eigenvalue weighted by atomic mass is 32.1. The molecule has 2 N–H and O–H groups in total. The predicted octanol–water partition coefficient (Wildman–Crippen LogP) is 1.61. The molecule has 2 atom stereocenters. The van der Waals surface area contributed by atoms with E-state index in [0.29, 0.717) is 0 Å². The van der Waals surface area contributed by atoms with Gasteiger partial charge in [0.25, 0.3) is 0 Å². The van der Waals surface area contributed by atoms with Gasteiger partial charge >= 0.3 is 0 Å². The Bertz CT molecular complexity index is 647. The summed E-state index contributed by atoms with van der Waals surface area (Å²) in [4.78, 5) is 25.8. The van der Waals surface area contributed by atoms with Crippen molar-refractivity contribution in [2.24, 2.45) is 23.0 Å². The highest BCUT2D eigenvalue weighted by Crippen LogP contribution is 2.63. The van der Waals surface area contributed by atoms with Crippen LogP contribution in [0.1, 0.15) is 19.4 Å². The summed E-state index contributed by atoms with van der Waals surface area (Å²) >= 11 is 4.87. The summed E-state index contributed by atoms with van der Waals surface area (Å²) in [6, 6.07) is 3.71. The molecule has 2 aliphatic rings. The van der Waals surface area contributed by atoms with E-state index in [1.807, 2.05) is 13.8 Å². The van der Waals surface area contributed by atoms with E-state index in [1.165, 1.54) is 12.1 Å². The number of carbonyl (C=O) groups excluding carboxylic acids is 2. The van der Waals surface area contributed by atoms with Gasteiger partial charge in [-0.15, -0.1) is 0 Å². The Hall–Kier alpha value is -1.82. The molecule has 2 fully saturated rings. The first-order chi connectivity index (χ1) is 9.26. The van der Waals surface area contributed by atoms with Gasteiger partial charge in [-0.2, -0.15) is 0 Å². The van der Waals surface area contributed by atoms with Crippen molar-refractivity contribution in [3.63, 3.8) is 0 Å². The molecule has 1 aromatic rings. The average molecular weight is 292 g/mol. The van der Waals surface area contributed by atoms with E-state index in [9.17, 15) is 14.0 Å². The minimum Gasteiger partial charge on any atom is -0.389 e. The summed E-state index contributed by atoms with van der Waals surface area (Å²) in [6.07, 6.45) is 0. The highest BCUT2D eigenvalue weighted by molar-refractivity contribution is 7.80. The van der Waals surface area contributed by atoms with Crippen molar-refractivity contribution in [1.29, 1.82) is 0 Å². The zero-order chi connectivity index (χ0) is 14.8. The maximum absolute atomic E-state index is 13.3. The van der Waals surface area contributed by atoms with Crippen LogP contribution in [0.4, 0.5) is 10.1 Å². The summed E-state index contributed by atoms with van der Waals surface area (Å²) < 4.78 is 13.3. The summed E-state index contributed by atoms with van der Waals surface area (Å²) in [5.74, 6) is -1.61. The minimum atomic E-state index is -0.513. The van der Waals surface area contributed by atoms with Gasteiger partial charge in [0, 0.05) is 5.56 Å². The fourth-order valence-corrected chi connectivity index (χ4v) is 3.25. The zero-order valence-electron chi connectivity index (χ0n) is 11.0. The van der Waals surface area contributed by atoms with E-state index in [-0.39, 0.29) is 45.3 Å². The van der Waals surface area contributed by atoms with Crippen molar-refractivity contribution in [3.05, 3.63) is 29.6 Å². The second-order valence-corrected chi connectivity index (χ2v) is 6.25. The van der Waals surface area contributed by atoms with Crippen LogP contribution in [0.5, 0.6) is 0 Å². The van der Waals surface area contributed by atoms with Crippen LogP contribution in [-0.4, -0.2) is 16.8 Å². The van der Waals surface area contributed by atoms with Crippen molar-refractivity contribution in [2.75, 3.05) is 4.90 Å². The van der Waals surface area contributed by atoms with E-state index in [4.69, 9.17) is 18.0 Å². The number of nitrogens with two attached hydrogens (primary N) is 1. The van der Waals surface area contributed by atoms with E-state index in [1.54, 1.807) is 0 Å². The number of anilines is 1. The largest absolute Gasteiger partial charge is 0.389 e. The third-order valence-electron chi connectivity index (χ3n) is 4.27. The Labute approximate surface area is 120 Å². The quantitative estimate of drug-likeness (QED) is 0.664. The van der Waals surface area contributed by atoms with Gasteiger partial charge in [-0.25, -0.2) is 9.29 Å². The SMILES string of the molecule is CC1(C)C2C(=O)N(c3ccc(F)cc3C(N)=S)C(=O)C21. The Morgan fingerprint density at radius 3 is 2.35 bits per heavy atom. The smallest absolute Gasteiger partial charge is 0.238 e. The number of imide groups is 1. The minimum absolute atomic E-state index is 0.0417. The first-order valence-electron chi connectivity index (χ1n) is 6.24. The van der Waals surface area contributed by atoms with Gasteiger partial charge in [-0.3, -0.25) is 9.59 Å². The number of halogens is 1. The fourth-order valence-electron chi connectivity index (χ4n) is 3.08. The molecule has 0 bridgehead atoms. The number of piperidine rings is 1. The summed E-state index contributed by atoms with van der Waals surface area (Å²) in [5.41, 5.74) is 5.76. The van der Waals surface area contributed by atoms with Crippen LogP contribution in [0.3, 0.4) is 0 Å². The molecule has 6 heteroatoms. The van der Waals surface area contributed by atoms with E-state index < -0.39 is 5.82 Å². The van der Waals surface area contributed by atoms with Crippen LogP contribution < -0.4 is 10.6 Å². The first-order valence-corrected chi connectivity index (χ1v) is 6.65. The Morgan fingerprint density at radius 2 is 1.85 bits per heavy atom.